The minimum atomic E-state index is 0.501. The third-order valence-corrected chi connectivity index (χ3v) is 3.75. The molecule has 0 fully saturated rings. The summed E-state index contributed by atoms with van der Waals surface area (Å²) in [5.41, 5.74) is 1.81. The van der Waals surface area contributed by atoms with Gasteiger partial charge in [0, 0.05) is 11.8 Å². The standard InChI is InChI=1S/C15H17NO2S/c1-11(2)12-3-5-14(6-4-12)18-8-7-15-16-13(9-17)10-19-15/h3-6,9-11H,7-8H2,1-2H3. The van der Waals surface area contributed by atoms with Gasteiger partial charge in [0.25, 0.3) is 0 Å². The van der Waals surface area contributed by atoms with E-state index in [0.717, 1.165) is 23.5 Å². The van der Waals surface area contributed by atoms with Crippen molar-refractivity contribution in [3.05, 3.63) is 45.9 Å². The first-order chi connectivity index (χ1) is 9.19. The molecule has 0 amide bonds. The molecule has 0 aliphatic rings. The zero-order valence-electron chi connectivity index (χ0n) is 11.1. The maximum atomic E-state index is 10.5. The Hall–Kier alpha value is -1.68. The van der Waals surface area contributed by atoms with Gasteiger partial charge in [0.15, 0.2) is 6.29 Å². The number of hydrogen-bond acceptors (Lipinski definition) is 4. The number of nitrogens with zero attached hydrogens (tertiary/aromatic N) is 1. The van der Waals surface area contributed by atoms with Gasteiger partial charge >= 0.3 is 0 Å². The minimum absolute atomic E-state index is 0.501. The molecule has 2 aromatic rings. The lowest BCUT2D eigenvalue weighted by Gasteiger charge is -2.08. The maximum absolute atomic E-state index is 10.5. The van der Waals surface area contributed by atoms with Crippen LogP contribution < -0.4 is 4.74 Å². The maximum Gasteiger partial charge on any atom is 0.169 e. The molecule has 0 N–H and O–H groups in total. The predicted molar refractivity (Wildman–Crippen MR) is 77.2 cm³/mol. The number of rotatable bonds is 6. The molecule has 3 nitrogen and oxygen atoms in total. The van der Waals surface area contributed by atoms with Crippen molar-refractivity contribution in [3.63, 3.8) is 0 Å². The molecule has 0 aliphatic heterocycles. The van der Waals surface area contributed by atoms with Crippen LogP contribution >= 0.6 is 11.3 Å². The molecule has 1 aromatic heterocycles. The average Bonchev–Trinajstić information content (AvgIpc) is 2.87. The third kappa shape index (κ3) is 3.89. The molecular formula is C15H17NO2S. The van der Waals surface area contributed by atoms with Gasteiger partial charge in [-0.05, 0) is 23.6 Å². The summed E-state index contributed by atoms with van der Waals surface area (Å²) in [7, 11) is 0. The number of carbonyl (C=O) groups excluding carboxylic acids is 1. The summed E-state index contributed by atoms with van der Waals surface area (Å²) in [5.74, 6) is 1.41. The molecule has 1 heterocycles. The lowest BCUT2D eigenvalue weighted by Crippen LogP contribution is -2.01. The molecule has 100 valence electrons. The number of benzene rings is 1. The van der Waals surface area contributed by atoms with Crippen molar-refractivity contribution < 1.29 is 9.53 Å². The number of hydrogen-bond donors (Lipinski definition) is 0. The number of ether oxygens (including phenoxy) is 1. The average molecular weight is 275 g/mol. The highest BCUT2D eigenvalue weighted by atomic mass is 32.1. The molecular weight excluding hydrogens is 258 g/mol. The van der Waals surface area contributed by atoms with E-state index in [9.17, 15) is 4.79 Å². The van der Waals surface area contributed by atoms with Crippen LogP contribution in [0, 0.1) is 0 Å². The fraction of sp³-hybridized carbons (Fsp3) is 0.333. The number of carbonyl (C=O) groups is 1. The topological polar surface area (TPSA) is 39.2 Å². The quantitative estimate of drug-likeness (QED) is 0.755. The predicted octanol–water partition coefficient (Wildman–Crippen LogP) is 3.70. The van der Waals surface area contributed by atoms with E-state index in [4.69, 9.17) is 4.74 Å². The molecule has 4 heteroatoms. The fourth-order valence-electron chi connectivity index (χ4n) is 1.70. The summed E-state index contributed by atoms with van der Waals surface area (Å²) < 4.78 is 5.67. The van der Waals surface area contributed by atoms with Gasteiger partial charge in [-0.3, -0.25) is 4.79 Å². The summed E-state index contributed by atoms with van der Waals surface area (Å²) in [5, 5.41) is 2.70. The lowest BCUT2D eigenvalue weighted by molar-refractivity contribution is 0.111. The molecule has 2 rings (SSSR count). The van der Waals surface area contributed by atoms with Gasteiger partial charge in [0.2, 0.25) is 0 Å². The molecule has 0 unspecified atom stereocenters. The Kier molecular flexibility index (Phi) is 4.68. The van der Waals surface area contributed by atoms with Crippen molar-refractivity contribution in [3.8, 4) is 5.75 Å². The number of aldehydes is 1. The van der Waals surface area contributed by atoms with Crippen LogP contribution in [0.25, 0.3) is 0 Å². The van der Waals surface area contributed by atoms with E-state index >= 15 is 0 Å². The van der Waals surface area contributed by atoms with E-state index < -0.39 is 0 Å². The van der Waals surface area contributed by atoms with Crippen LogP contribution in [0.2, 0.25) is 0 Å². The first-order valence-corrected chi connectivity index (χ1v) is 7.19. The summed E-state index contributed by atoms with van der Waals surface area (Å²) in [6.07, 6.45) is 1.50. The smallest absolute Gasteiger partial charge is 0.169 e. The Bertz CT molecular complexity index is 531. The monoisotopic (exact) mass is 275 g/mol. The van der Waals surface area contributed by atoms with Crippen LogP contribution in [-0.2, 0) is 6.42 Å². The summed E-state index contributed by atoms with van der Waals surface area (Å²) >= 11 is 1.49. The highest BCUT2D eigenvalue weighted by molar-refractivity contribution is 7.09. The Balaban J connectivity index is 1.83. The van der Waals surface area contributed by atoms with Crippen LogP contribution in [0.15, 0.2) is 29.6 Å². The van der Waals surface area contributed by atoms with E-state index in [-0.39, 0.29) is 0 Å². The summed E-state index contributed by atoms with van der Waals surface area (Å²) in [6.45, 7) is 4.92. The van der Waals surface area contributed by atoms with E-state index in [2.05, 4.69) is 31.0 Å². The lowest BCUT2D eigenvalue weighted by atomic mass is 10.0. The third-order valence-electron chi connectivity index (χ3n) is 2.82. The van der Waals surface area contributed by atoms with Crippen molar-refractivity contribution in [2.75, 3.05) is 6.61 Å². The van der Waals surface area contributed by atoms with Gasteiger partial charge < -0.3 is 4.74 Å². The summed E-state index contributed by atoms with van der Waals surface area (Å²) in [6, 6.07) is 8.17. The molecule has 1 aromatic carbocycles. The second kappa shape index (κ2) is 6.48. The van der Waals surface area contributed by atoms with Gasteiger partial charge in [-0.25, -0.2) is 4.98 Å². The second-order valence-electron chi connectivity index (χ2n) is 4.61. The van der Waals surface area contributed by atoms with Crippen LogP contribution in [-0.4, -0.2) is 17.9 Å². The second-order valence-corrected chi connectivity index (χ2v) is 5.55. The van der Waals surface area contributed by atoms with Crippen LogP contribution in [0.3, 0.4) is 0 Å². The first-order valence-electron chi connectivity index (χ1n) is 6.31. The molecule has 0 spiro atoms. The molecule has 0 radical (unpaired) electrons. The Morgan fingerprint density at radius 3 is 2.63 bits per heavy atom. The molecule has 0 saturated heterocycles. The van der Waals surface area contributed by atoms with Gasteiger partial charge in [0.1, 0.15) is 11.4 Å². The van der Waals surface area contributed by atoms with E-state index in [0.29, 0.717) is 18.2 Å². The molecule has 0 aliphatic carbocycles. The molecule has 0 saturated carbocycles. The normalized spacial score (nSPS) is 10.7. The van der Waals surface area contributed by atoms with Crippen molar-refractivity contribution in [1.82, 2.24) is 4.98 Å². The van der Waals surface area contributed by atoms with Crippen molar-refractivity contribution >= 4 is 17.6 Å². The Morgan fingerprint density at radius 2 is 2.05 bits per heavy atom. The van der Waals surface area contributed by atoms with Crippen molar-refractivity contribution in [2.24, 2.45) is 0 Å². The molecule has 0 atom stereocenters. The number of thiazole rings is 1. The SMILES string of the molecule is CC(C)c1ccc(OCCc2nc(C=O)cs2)cc1. The summed E-state index contributed by atoms with van der Waals surface area (Å²) in [4.78, 5) is 14.7. The fourth-order valence-corrected chi connectivity index (χ4v) is 2.42. The zero-order valence-corrected chi connectivity index (χ0v) is 11.9. The van der Waals surface area contributed by atoms with E-state index in [1.165, 1.54) is 16.9 Å². The van der Waals surface area contributed by atoms with Gasteiger partial charge in [-0.15, -0.1) is 11.3 Å². The highest BCUT2D eigenvalue weighted by Crippen LogP contribution is 2.19. The Labute approximate surface area is 117 Å². The van der Waals surface area contributed by atoms with Crippen LogP contribution in [0.1, 0.15) is 40.8 Å². The minimum Gasteiger partial charge on any atom is -0.493 e. The van der Waals surface area contributed by atoms with Crippen LogP contribution in [0.5, 0.6) is 5.75 Å². The van der Waals surface area contributed by atoms with Gasteiger partial charge in [-0.1, -0.05) is 26.0 Å². The van der Waals surface area contributed by atoms with Crippen molar-refractivity contribution in [1.29, 1.82) is 0 Å². The van der Waals surface area contributed by atoms with Gasteiger partial charge in [0.05, 0.1) is 11.6 Å². The zero-order chi connectivity index (χ0) is 13.7. The molecule has 0 bridgehead atoms. The van der Waals surface area contributed by atoms with Gasteiger partial charge in [-0.2, -0.15) is 0 Å². The van der Waals surface area contributed by atoms with E-state index in [1.54, 1.807) is 5.38 Å². The number of aromatic nitrogens is 1. The largest absolute Gasteiger partial charge is 0.493 e. The van der Waals surface area contributed by atoms with Crippen LogP contribution in [0.4, 0.5) is 0 Å². The molecule has 19 heavy (non-hydrogen) atoms. The van der Waals surface area contributed by atoms with Crippen molar-refractivity contribution in [2.45, 2.75) is 26.2 Å². The Morgan fingerprint density at radius 1 is 1.32 bits per heavy atom. The highest BCUT2D eigenvalue weighted by Gasteiger charge is 2.02. The first kappa shape index (κ1) is 13.7. The van der Waals surface area contributed by atoms with E-state index in [1.807, 2.05) is 12.1 Å².